The molecule has 2 aromatic rings. The highest BCUT2D eigenvalue weighted by Gasteiger charge is 2.42. The van der Waals surface area contributed by atoms with Crippen molar-refractivity contribution in [3.05, 3.63) is 65.7 Å². The average Bonchev–Trinajstić information content (AvgIpc) is 3.21. The van der Waals surface area contributed by atoms with Crippen LogP contribution in [0.15, 0.2) is 24.3 Å². The van der Waals surface area contributed by atoms with Gasteiger partial charge in [0.1, 0.15) is 24.7 Å². The average molecular weight is 642 g/mol. The van der Waals surface area contributed by atoms with Crippen molar-refractivity contribution < 1.29 is 43.1 Å². The number of nitro benzene ring substituents is 2. The number of nitro groups is 2. The van der Waals surface area contributed by atoms with Crippen LogP contribution in [0.1, 0.15) is 47.4 Å². The van der Waals surface area contributed by atoms with E-state index in [0.717, 1.165) is 25.0 Å². The summed E-state index contributed by atoms with van der Waals surface area (Å²) < 4.78 is 27.6. The summed E-state index contributed by atoms with van der Waals surface area (Å²) in [6.07, 6.45) is 1.69. The smallest absolute Gasteiger partial charge is 0.338 e. The fourth-order valence-corrected chi connectivity index (χ4v) is 5.62. The van der Waals surface area contributed by atoms with Gasteiger partial charge >= 0.3 is 11.9 Å². The highest BCUT2D eigenvalue weighted by Crippen LogP contribution is 2.38. The van der Waals surface area contributed by atoms with E-state index in [2.05, 4.69) is 4.90 Å². The first kappa shape index (κ1) is 32.2. The van der Waals surface area contributed by atoms with Crippen molar-refractivity contribution in [2.45, 2.75) is 44.8 Å². The maximum absolute atomic E-state index is 12.4. The number of nitrogens with zero attached hydrogens (tertiary/aromatic N) is 3. The van der Waals surface area contributed by atoms with E-state index in [1.165, 1.54) is 12.1 Å². The first-order chi connectivity index (χ1) is 20.5. The number of morpholine rings is 1. The topological polar surface area (TPSA) is 170 Å². The molecule has 2 aliphatic rings. The Morgan fingerprint density at radius 3 is 1.65 bits per heavy atom. The molecule has 0 aliphatic carbocycles. The van der Waals surface area contributed by atoms with E-state index >= 15 is 0 Å². The number of fused-ring (bicyclic) bond motifs is 2. The second-order valence-electron chi connectivity index (χ2n) is 9.72. The summed E-state index contributed by atoms with van der Waals surface area (Å²) >= 11 is 12.6. The molecule has 2 aliphatic heterocycles. The number of halogens is 2. The first-order valence-corrected chi connectivity index (χ1v) is 14.2. The number of hydrogen-bond donors (Lipinski definition) is 0. The summed E-state index contributed by atoms with van der Waals surface area (Å²) in [5.41, 5.74) is -1.28. The second kappa shape index (κ2) is 14.2. The third-order valence-corrected chi connectivity index (χ3v) is 7.80. The number of benzene rings is 2. The number of ether oxygens (including phenoxy) is 5. The quantitative estimate of drug-likeness (QED) is 0.166. The molecule has 2 bridgehead atoms. The molecule has 0 aromatic heterocycles. The Labute approximate surface area is 256 Å². The molecule has 43 heavy (non-hydrogen) atoms. The Kier molecular flexibility index (Phi) is 10.6. The molecule has 14 nitrogen and oxygen atoms in total. The van der Waals surface area contributed by atoms with Crippen molar-refractivity contribution in [3.63, 3.8) is 0 Å². The lowest BCUT2D eigenvalue weighted by Gasteiger charge is -2.40. The summed E-state index contributed by atoms with van der Waals surface area (Å²) in [5, 5.41) is 22.7. The van der Waals surface area contributed by atoms with Crippen molar-refractivity contribution >= 4 is 46.5 Å². The van der Waals surface area contributed by atoms with Crippen molar-refractivity contribution in [3.8, 4) is 11.5 Å². The molecule has 0 spiro atoms. The fraction of sp³-hybridized carbons (Fsp3) is 0.481. The molecule has 2 aromatic carbocycles. The fourth-order valence-electron chi connectivity index (χ4n) is 5.16. The van der Waals surface area contributed by atoms with Crippen molar-refractivity contribution in [1.82, 2.24) is 4.90 Å². The maximum Gasteiger partial charge on any atom is 0.338 e. The molecular formula is C27H29Cl2N3O11. The monoisotopic (exact) mass is 641 g/mol. The molecule has 0 radical (unpaired) electrons. The van der Waals surface area contributed by atoms with Crippen LogP contribution in [0, 0.1) is 20.2 Å². The Morgan fingerprint density at radius 1 is 0.860 bits per heavy atom. The van der Waals surface area contributed by atoms with Crippen LogP contribution in [-0.4, -0.2) is 84.5 Å². The van der Waals surface area contributed by atoms with E-state index in [1.807, 2.05) is 0 Å². The highest BCUT2D eigenvalue weighted by molar-refractivity contribution is 6.34. The molecule has 0 saturated carbocycles. The van der Waals surface area contributed by atoms with Gasteiger partial charge in [-0.25, -0.2) is 9.59 Å². The third-order valence-electron chi connectivity index (χ3n) is 7.04. The number of carbonyl (C=O) groups is 2. The van der Waals surface area contributed by atoms with Gasteiger partial charge in [-0.3, -0.25) is 25.1 Å². The van der Waals surface area contributed by atoms with Gasteiger partial charge in [-0.15, -0.1) is 0 Å². The van der Waals surface area contributed by atoms with E-state index < -0.39 is 39.2 Å². The Morgan fingerprint density at radius 2 is 1.28 bits per heavy atom. The van der Waals surface area contributed by atoms with Crippen LogP contribution in [0.3, 0.4) is 0 Å². The van der Waals surface area contributed by atoms with Crippen molar-refractivity contribution in [2.24, 2.45) is 0 Å². The van der Waals surface area contributed by atoms with Gasteiger partial charge in [-0.05, 0) is 38.8 Å². The van der Waals surface area contributed by atoms with Crippen LogP contribution in [-0.2, 0) is 14.2 Å². The van der Waals surface area contributed by atoms with Crippen LogP contribution in [0.5, 0.6) is 11.5 Å². The van der Waals surface area contributed by atoms with Crippen LogP contribution in [0.4, 0.5) is 11.4 Å². The normalized spacial score (nSPS) is 17.9. The Bertz CT molecular complexity index is 1300. The zero-order valence-electron chi connectivity index (χ0n) is 23.3. The number of rotatable bonds is 13. The number of hydrogen-bond acceptors (Lipinski definition) is 12. The van der Waals surface area contributed by atoms with E-state index in [4.69, 9.17) is 46.9 Å². The zero-order valence-corrected chi connectivity index (χ0v) is 24.8. The van der Waals surface area contributed by atoms with Gasteiger partial charge in [-0.2, -0.15) is 0 Å². The number of esters is 2. The maximum atomic E-state index is 12.4. The van der Waals surface area contributed by atoms with Gasteiger partial charge in [-0.1, -0.05) is 23.2 Å². The van der Waals surface area contributed by atoms with Crippen LogP contribution >= 0.6 is 23.2 Å². The summed E-state index contributed by atoms with van der Waals surface area (Å²) in [5.74, 6) is -1.78. The Balaban J connectivity index is 1.64. The second-order valence-corrected chi connectivity index (χ2v) is 10.5. The molecule has 2 saturated heterocycles. The minimum atomic E-state index is -0.782. The standard InChI is InChI=1S/C27H29Cl2N3O11/c1-3-40-26(33)15-7-20(31(35)36)24(28)22(9-15)42-13-19(30-17-5-6-18(30)12-39-11-17)14-43-23-10-16(27(34)41-4-2)8-21(25(23)29)32(37)38/h7-10,17-19H,3-6,11-14H2,1-2H3. The summed E-state index contributed by atoms with van der Waals surface area (Å²) in [6.45, 7) is 4.03. The van der Waals surface area contributed by atoms with Gasteiger partial charge in [0.25, 0.3) is 11.4 Å². The van der Waals surface area contributed by atoms with E-state index in [9.17, 15) is 29.8 Å². The SMILES string of the molecule is CCOC(=O)c1cc(OCC(COc2cc(C(=O)OCC)cc([N+](=O)[O-])c2Cl)N2C3CCC2COC3)c(Cl)c([N+](=O)[O-])c1. The van der Waals surface area contributed by atoms with Crippen LogP contribution in [0.2, 0.25) is 10.0 Å². The summed E-state index contributed by atoms with van der Waals surface area (Å²) in [4.78, 5) is 48.7. The predicted molar refractivity (Wildman–Crippen MR) is 152 cm³/mol. The van der Waals surface area contributed by atoms with Crippen molar-refractivity contribution in [2.75, 3.05) is 39.6 Å². The largest absolute Gasteiger partial charge is 0.490 e. The molecule has 0 amide bonds. The lowest BCUT2D eigenvalue weighted by molar-refractivity contribution is -0.384. The van der Waals surface area contributed by atoms with Crippen molar-refractivity contribution in [1.29, 1.82) is 0 Å². The van der Waals surface area contributed by atoms with Crippen LogP contribution in [0.25, 0.3) is 0 Å². The molecule has 232 valence electrons. The van der Waals surface area contributed by atoms with Gasteiger partial charge in [0.15, 0.2) is 10.0 Å². The Hall–Kier alpha value is -3.72. The van der Waals surface area contributed by atoms with Gasteiger partial charge in [0.2, 0.25) is 0 Å². The zero-order chi connectivity index (χ0) is 31.3. The third kappa shape index (κ3) is 7.26. The van der Waals surface area contributed by atoms with E-state index in [-0.39, 0.29) is 71.2 Å². The van der Waals surface area contributed by atoms with Crippen LogP contribution < -0.4 is 9.47 Å². The molecule has 2 atom stereocenters. The van der Waals surface area contributed by atoms with E-state index in [0.29, 0.717) is 13.2 Å². The molecular weight excluding hydrogens is 613 g/mol. The van der Waals surface area contributed by atoms with E-state index in [1.54, 1.807) is 13.8 Å². The van der Waals surface area contributed by atoms with Gasteiger partial charge in [0.05, 0.1) is 53.4 Å². The molecule has 2 heterocycles. The van der Waals surface area contributed by atoms with Gasteiger partial charge < -0.3 is 23.7 Å². The van der Waals surface area contributed by atoms with Gasteiger partial charge in [0, 0.05) is 24.2 Å². The predicted octanol–water partition coefficient (Wildman–Crippen LogP) is 4.85. The number of carbonyl (C=O) groups excluding carboxylic acids is 2. The minimum absolute atomic E-state index is 0.0160. The molecule has 2 unspecified atom stereocenters. The molecule has 4 rings (SSSR count). The lowest BCUT2D eigenvalue weighted by Crippen LogP contribution is -2.55. The lowest BCUT2D eigenvalue weighted by atomic mass is 10.1. The first-order valence-electron chi connectivity index (χ1n) is 13.5. The molecule has 0 N–H and O–H groups in total. The highest BCUT2D eigenvalue weighted by atomic mass is 35.5. The molecule has 16 heteroatoms. The summed E-state index contributed by atoms with van der Waals surface area (Å²) in [6, 6.07) is 4.07. The minimum Gasteiger partial charge on any atom is -0.490 e. The summed E-state index contributed by atoms with van der Waals surface area (Å²) in [7, 11) is 0. The molecule has 2 fully saturated rings.